The zero-order chi connectivity index (χ0) is 38.2. The van der Waals surface area contributed by atoms with Crippen LogP contribution in [0.25, 0.3) is 6.08 Å². The molecular formula is C38H49N5O8. The molecule has 274 valence electrons. The van der Waals surface area contributed by atoms with Crippen molar-refractivity contribution in [3.05, 3.63) is 107 Å². The van der Waals surface area contributed by atoms with Crippen molar-refractivity contribution in [3.63, 3.8) is 0 Å². The van der Waals surface area contributed by atoms with E-state index < -0.39 is 48.2 Å². The highest BCUT2D eigenvalue weighted by atomic mass is 16.4. The first-order valence-corrected chi connectivity index (χ1v) is 16.5. The third kappa shape index (κ3) is 19.1. The van der Waals surface area contributed by atoms with Crippen LogP contribution in [-0.2, 0) is 30.4 Å². The topological polar surface area (TPSA) is 217 Å². The molecule has 13 heteroatoms. The quantitative estimate of drug-likeness (QED) is 0.120. The van der Waals surface area contributed by atoms with E-state index >= 15 is 0 Å². The maximum Gasteiger partial charge on any atom is 0.335 e. The fourth-order valence-electron chi connectivity index (χ4n) is 4.19. The van der Waals surface area contributed by atoms with E-state index in [2.05, 4.69) is 52.5 Å². The summed E-state index contributed by atoms with van der Waals surface area (Å²) in [6.07, 6.45) is 3.55. The Bertz CT molecular complexity index is 1590. The normalized spacial score (nSPS) is 11.0. The van der Waals surface area contributed by atoms with E-state index in [1.54, 1.807) is 50.3 Å². The fraction of sp³-hybridized carbons (Fsp3) is 0.316. The van der Waals surface area contributed by atoms with Crippen molar-refractivity contribution in [1.29, 1.82) is 0 Å². The monoisotopic (exact) mass is 703 g/mol. The SMILES string of the molecule is CC(C)C(NC(=O)CN)C(=O)NCC(=O)N/C(=C/c1ccccc1)CC(=O)Nc1cccc(C(=O)O)c1.CCCC(=O)O.CCc1ccccc1. The highest BCUT2D eigenvalue weighted by Crippen LogP contribution is 2.13. The molecule has 0 bridgehead atoms. The Balaban J connectivity index is 0.000000768. The van der Waals surface area contributed by atoms with Crippen LogP contribution in [0.15, 0.2) is 90.6 Å². The van der Waals surface area contributed by atoms with Crippen molar-refractivity contribution >= 4 is 47.3 Å². The molecule has 51 heavy (non-hydrogen) atoms. The second-order valence-electron chi connectivity index (χ2n) is 11.4. The van der Waals surface area contributed by atoms with Crippen LogP contribution in [-0.4, -0.2) is 64.9 Å². The summed E-state index contributed by atoms with van der Waals surface area (Å²) in [6.45, 7) is 6.82. The number of carboxylic acids is 2. The molecule has 0 spiro atoms. The van der Waals surface area contributed by atoms with Gasteiger partial charge in [0.25, 0.3) is 0 Å². The van der Waals surface area contributed by atoms with Crippen molar-refractivity contribution in [1.82, 2.24) is 16.0 Å². The number of carbonyl (C=O) groups excluding carboxylic acids is 4. The van der Waals surface area contributed by atoms with E-state index in [9.17, 15) is 28.8 Å². The summed E-state index contributed by atoms with van der Waals surface area (Å²) in [6, 6.07) is 24.4. The van der Waals surface area contributed by atoms with Crippen molar-refractivity contribution in [2.24, 2.45) is 11.7 Å². The molecular weight excluding hydrogens is 654 g/mol. The lowest BCUT2D eigenvalue weighted by Gasteiger charge is -2.21. The molecule has 3 aromatic rings. The zero-order valence-corrected chi connectivity index (χ0v) is 29.5. The van der Waals surface area contributed by atoms with Gasteiger partial charge in [-0.1, -0.05) is 94.4 Å². The molecule has 3 rings (SSSR count). The van der Waals surface area contributed by atoms with E-state index in [0.29, 0.717) is 12.1 Å². The maximum absolute atomic E-state index is 12.7. The van der Waals surface area contributed by atoms with Gasteiger partial charge in [0, 0.05) is 17.8 Å². The van der Waals surface area contributed by atoms with Crippen molar-refractivity contribution in [2.75, 3.05) is 18.4 Å². The number of carbonyl (C=O) groups is 6. The summed E-state index contributed by atoms with van der Waals surface area (Å²) in [7, 11) is 0. The number of nitrogens with two attached hydrogens (primary N) is 1. The van der Waals surface area contributed by atoms with Crippen LogP contribution in [0.5, 0.6) is 0 Å². The number of benzene rings is 3. The van der Waals surface area contributed by atoms with Gasteiger partial charge in [-0.25, -0.2) is 4.79 Å². The minimum Gasteiger partial charge on any atom is -0.481 e. The predicted octanol–water partition coefficient (Wildman–Crippen LogP) is 4.21. The lowest BCUT2D eigenvalue weighted by Crippen LogP contribution is -2.52. The smallest absolute Gasteiger partial charge is 0.335 e. The molecule has 0 heterocycles. The van der Waals surface area contributed by atoms with Crippen LogP contribution in [0.2, 0.25) is 0 Å². The Morgan fingerprint density at radius 3 is 1.92 bits per heavy atom. The molecule has 13 nitrogen and oxygen atoms in total. The number of rotatable bonds is 15. The molecule has 0 aromatic heterocycles. The van der Waals surface area contributed by atoms with Crippen LogP contribution >= 0.6 is 0 Å². The number of aliphatic carboxylic acids is 1. The molecule has 0 saturated heterocycles. The number of carboxylic acid groups (broad SMARTS) is 2. The Morgan fingerprint density at radius 2 is 1.43 bits per heavy atom. The van der Waals surface area contributed by atoms with Crippen LogP contribution < -0.4 is 27.0 Å². The van der Waals surface area contributed by atoms with Gasteiger partial charge in [0.15, 0.2) is 0 Å². The van der Waals surface area contributed by atoms with Crippen LogP contribution in [0.4, 0.5) is 5.69 Å². The highest BCUT2D eigenvalue weighted by molar-refractivity contribution is 5.96. The van der Waals surface area contributed by atoms with Gasteiger partial charge in [0.2, 0.25) is 23.6 Å². The van der Waals surface area contributed by atoms with Gasteiger partial charge in [-0.3, -0.25) is 24.0 Å². The average molecular weight is 704 g/mol. The molecule has 4 amide bonds. The first kappa shape index (κ1) is 43.2. The van der Waals surface area contributed by atoms with Gasteiger partial charge in [0.1, 0.15) is 6.04 Å². The van der Waals surface area contributed by atoms with Gasteiger partial charge < -0.3 is 37.2 Å². The van der Waals surface area contributed by atoms with E-state index in [1.807, 2.05) is 19.1 Å². The summed E-state index contributed by atoms with van der Waals surface area (Å²) in [4.78, 5) is 70.2. The first-order valence-electron chi connectivity index (χ1n) is 16.5. The molecule has 0 aliphatic carbocycles. The van der Waals surface area contributed by atoms with Gasteiger partial charge in [-0.05, 0) is 54.2 Å². The van der Waals surface area contributed by atoms with Crippen molar-refractivity contribution in [3.8, 4) is 0 Å². The summed E-state index contributed by atoms with van der Waals surface area (Å²) in [5, 5.41) is 27.3. The fourth-order valence-corrected chi connectivity index (χ4v) is 4.19. The first-order chi connectivity index (χ1) is 24.3. The predicted molar refractivity (Wildman–Crippen MR) is 196 cm³/mol. The summed E-state index contributed by atoms with van der Waals surface area (Å²) in [5.74, 6) is -4.18. The van der Waals surface area contributed by atoms with Gasteiger partial charge >= 0.3 is 11.9 Å². The number of aryl methyl sites for hydroxylation is 1. The minimum atomic E-state index is -1.13. The average Bonchev–Trinajstić information content (AvgIpc) is 3.10. The molecule has 8 N–H and O–H groups in total. The second-order valence-corrected chi connectivity index (χ2v) is 11.4. The Kier molecular flexibility index (Phi) is 20.6. The summed E-state index contributed by atoms with van der Waals surface area (Å²) in [5.41, 5.74) is 8.00. The molecule has 0 radical (unpaired) electrons. The Morgan fingerprint density at radius 1 is 0.804 bits per heavy atom. The highest BCUT2D eigenvalue weighted by Gasteiger charge is 2.24. The van der Waals surface area contributed by atoms with Crippen molar-refractivity contribution in [2.45, 2.75) is 59.4 Å². The van der Waals surface area contributed by atoms with Gasteiger partial charge in [-0.2, -0.15) is 0 Å². The molecule has 0 aliphatic rings. The number of nitrogens with one attached hydrogen (secondary N) is 4. The number of anilines is 1. The van der Waals surface area contributed by atoms with Gasteiger partial charge in [0.05, 0.1) is 25.1 Å². The molecule has 0 aliphatic heterocycles. The van der Waals surface area contributed by atoms with Crippen molar-refractivity contribution < 1.29 is 39.0 Å². The van der Waals surface area contributed by atoms with E-state index in [0.717, 1.165) is 18.4 Å². The Labute approximate surface area is 298 Å². The number of aromatic carboxylic acids is 1. The van der Waals surface area contributed by atoms with E-state index in [4.69, 9.17) is 15.9 Å². The van der Waals surface area contributed by atoms with Gasteiger partial charge in [-0.15, -0.1) is 0 Å². The largest absolute Gasteiger partial charge is 0.481 e. The maximum atomic E-state index is 12.7. The Hall–Kier alpha value is -5.82. The summed E-state index contributed by atoms with van der Waals surface area (Å²) >= 11 is 0. The molecule has 3 aromatic carbocycles. The molecule has 1 atom stereocenters. The van der Waals surface area contributed by atoms with Crippen LogP contribution in [0.3, 0.4) is 0 Å². The van der Waals surface area contributed by atoms with E-state index in [-0.39, 0.29) is 30.1 Å². The third-order valence-electron chi connectivity index (χ3n) is 6.77. The third-order valence-corrected chi connectivity index (χ3v) is 6.77. The molecule has 1 unspecified atom stereocenters. The van der Waals surface area contributed by atoms with E-state index in [1.165, 1.54) is 23.8 Å². The number of hydrogen-bond donors (Lipinski definition) is 7. The number of hydrogen-bond acceptors (Lipinski definition) is 7. The standard InChI is InChI=1S/C26H31N5O6.C8H10.C4H8O2/c1-16(2)24(31-22(33)14-27)25(35)28-15-23(34)30-20(11-17-7-4-3-5-8-17)13-21(32)29-19-10-6-9-18(12-19)26(36)37;1-2-8-6-4-3-5-7-8;1-2-3-4(5)6/h3-12,16,24H,13-15,27H2,1-2H3,(H,28,35)(H,29,32)(H,30,34)(H,31,33)(H,36,37);3-7H,2H2,1H3;2-3H2,1H3,(H,5,6)/b20-11+;;. The lowest BCUT2D eigenvalue weighted by molar-refractivity contribution is -0.137. The van der Waals surface area contributed by atoms with Crippen LogP contribution in [0.1, 0.15) is 68.4 Å². The van der Waals surface area contributed by atoms with Crippen LogP contribution in [0, 0.1) is 5.92 Å². The second kappa shape index (κ2) is 24.3. The zero-order valence-electron chi connectivity index (χ0n) is 29.5. The summed E-state index contributed by atoms with van der Waals surface area (Å²) < 4.78 is 0. The minimum absolute atomic E-state index is 0.0178. The molecule has 0 saturated carbocycles. The number of amides is 4. The molecule has 0 fully saturated rings. The lowest BCUT2D eigenvalue weighted by atomic mass is 10.0.